The number of nitrogens with zero attached hydrogens (tertiary/aromatic N) is 3. The van der Waals surface area contributed by atoms with Gasteiger partial charge in [0.15, 0.2) is 5.82 Å². The van der Waals surface area contributed by atoms with Crippen molar-refractivity contribution in [3.63, 3.8) is 0 Å². The minimum Gasteiger partial charge on any atom is -0.331 e. The van der Waals surface area contributed by atoms with Crippen molar-refractivity contribution in [2.75, 3.05) is 0 Å². The molecule has 2 rings (SSSR count). The Labute approximate surface area is 90.6 Å². The Morgan fingerprint density at radius 3 is 3.00 bits per heavy atom. The van der Waals surface area contributed by atoms with E-state index in [0.717, 1.165) is 5.01 Å². The number of hydrogen-bond acceptors (Lipinski definition) is 5. The molecular formula is C9H10N4OS. The van der Waals surface area contributed by atoms with E-state index < -0.39 is 0 Å². The summed E-state index contributed by atoms with van der Waals surface area (Å²) in [5, 5.41) is 2.46. The fourth-order valence-corrected chi connectivity index (χ4v) is 1.86. The molecule has 0 bridgehead atoms. The summed E-state index contributed by atoms with van der Waals surface area (Å²) in [7, 11) is 1.77. The number of aromatic nitrogens is 3. The predicted molar refractivity (Wildman–Crippen MR) is 56.6 cm³/mol. The second kappa shape index (κ2) is 3.92. The highest BCUT2D eigenvalue weighted by Gasteiger charge is 2.16. The maximum absolute atomic E-state index is 11.9. The van der Waals surface area contributed by atoms with Crippen molar-refractivity contribution in [3.05, 3.63) is 34.3 Å². The maximum Gasteiger partial charge on any atom is 0.247 e. The molecule has 0 atom stereocenters. The zero-order chi connectivity index (χ0) is 10.8. The van der Waals surface area contributed by atoms with Crippen molar-refractivity contribution < 1.29 is 4.79 Å². The van der Waals surface area contributed by atoms with Gasteiger partial charge in [0.05, 0.1) is 0 Å². The molecule has 78 valence electrons. The summed E-state index contributed by atoms with van der Waals surface area (Å²) in [6, 6.07) is 0. The standard InChI is InChI=1S/C9H10N4OS/c1-13-3-2-11-9(13)8(14)6-5-15-7(4-10)12-6/h2-3,5H,4,10H2,1H3. The Bertz CT molecular complexity index is 488. The molecule has 0 fully saturated rings. The summed E-state index contributed by atoms with van der Waals surface area (Å²) in [6.07, 6.45) is 3.31. The summed E-state index contributed by atoms with van der Waals surface area (Å²) in [6.45, 7) is 0.360. The van der Waals surface area contributed by atoms with E-state index in [-0.39, 0.29) is 5.78 Å². The van der Waals surface area contributed by atoms with Gasteiger partial charge in [-0.05, 0) is 0 Å². The fourth-order valence-electron chi connectivity index (χ4n) is 1.21. The van der Waals surface area contributed by atoms with Gasteiger partial charge in [-0.2, -0.15) is 0 Å². The van der Waals surface area contributed by atoms with Gasteiger partial charge < -0.3 is 10.3 Å². The molecule has 0 aromatic carbocycles. The molecule has 5 nitrogen and oxygen atoms in total. The lowest BCUT2D eigenvalue weighted by molar-refractivity contribution is 0.102. The van der Waals surface area contributed by atoms with E-state index >= 15 is 0 Å². The predicted octanol–water partition coefficient (Wildman–Crippen LogP) is 0.566. The van der Waals surface area contributed by atoms with Gasteiger partial charge in [0.25, 0.3) is 0 Å². The number of hydrogen-bond donors (Lipinski definition) is 1. The van der Waals surface area contributed by atoms with Crippen LogP contribution < -0.4 is 5.73 Å². The van der Waals surface area contributed by atoms with Crippen molar-refractivity contribution in [1.29, 1.82) is 0 Å². The average molecular weight is 222 g/mol. The number of aryl methyl sites for hydroxylation is 1. The van der Waals surface area contributed by atoms with Gasteiger partial charge in [-0.15, -0.1) is 11.3 Å². The van der Waals surface area contributed by atoms with Crippen LogP contribution in [0.25, 0.3) is 0 Å². The minimum atomic E-state index is -0.168. The van der Waals surface area contributed by atoms with Gasteiger partial charge in [0, 0.05) is 31.4 Å². The molecular weight excluding hydrogens is 212 g/mol. The van der Waals surface area contributed by atoms with E-state index in [0.29, 0.717) is 18.1 Å². The van der Waals surface area contributed by atoms with Crippen LogP contribution in [0.2, 0.25) is 0 Å². The first-order valence-electron chi connectivity index (χ1n) is 4.39. The van der Waals surface area contributed by atoms with E-state index in [9.17, 15) is 4.79 Å². The van der Waals surface area contributed by atoms with Crippen molar-refractivity contribution >= 4 is 17.1 Å². The van der Waals surface area contributed by atoms with Crippen molar-refractivity contribution in [2.45, 2.75) is 6.54 Å². The molecule has 0 aliphatic rings. The van der Waals surface area contributed by atoms with Crippen LogP contribution >= 0.6 is 11.3 Å². The van der Waals surface area contributed by atoms with Gasteiger partial charge in [-0.3, -0.25) is 4.79 Å². The smallest absolute Gasteiger partial charge is 0.247 e. The molecule has 2 aromatic rings. The Kier molecular flexibility index (Phi) is 2.61. The summed E-state index contributed by atoms with van der Waals surface area (Å²) in [5.74, 6) is 0.224. The molecule has 2 heterocycles. The highest BCUT2D eigenvalue weighted by Crippen LogP contribution is 2.12. The third-order valence-corrected chi connectivity index (χ3v) is 2.85. The van der Waals surface area contributed by atoms with Gasteiger partial charge in [0.2, 0.25) is 5.78 Å². The molecule has 0 unspecified atom stereocenters. The van der Waals surface area contributed by atoms with Gasteiger partial charge in [-0.25, -0.2) is 9.97 Å². The number of imidazole rings is 1. The van der Waals surface area contributed by atoms with Crippen LogP contribution in [0.15, 0.2) is 17.8 Å². The van der Waals surface area contributed by atoms with E-state index in [1.54, 1.807) is 29.4 Å². The molecule has 0 aliphatic heterocycles. The zero-order valence-corrected chi connectivity index (χ0v) is 8.99. The lowest BCUT2D eigenvalue weighted by Crippen LogP contribution is -2.09. The van der Waals surface area contributed by atoms with Gasteiger partial charge in [0.1, 0.15) is 10.7 Å². The molecule has 6 heteroatoms. The Balaban J connectivity index is 2.32. The summed E-state index contributed by atoms with van der Waals surface area (Å²) < 4.78 is 1.67. The molecule has 0 spiro atoms. The molecule has 0 saturated carbocycles. The summed E-state index contributed by atoms with van der Waals surface area (Å²) in [5.41, 5.74) is 5.84. The first-order chi connectivity index (χ1) is 7.22. The van der Waals surface area contributed by atoms with Crippen molar-refractivity contribution in [1.82, 2.24) is 14.5 Å². The topological polar surface area (TPSA) is 73.8 Å². The molecule has 0 amide bonds. The van der Waals surface area contributed by atoms with Gasteiger partial charge >= 0.3 is 0 Å². The minimum absolute atomic E-state index is 0.168. The number of ketones is 1. The molecule has 0 saturated heterocycles. The van der Waals surface area contributed by atoms with Crippen LogP contribution in [-0.4, -0.2) is 20.3 Å². The maximum atomic E-state index is 11.9. The normalized spacial score (nSPS) is 10.5. The number of rotatable bonds is 3. The fraction of sp³-hybridized carbons (Fsp3) is 0.222. The monoisotopic (exact) mass is 222 g/mol. The Morgan fingerprint density at radius 1 is 1.67 bits per heavy atom. The number of carbonyl (C=O) groups is 1. The third-order valence-electron chi connectivity index (χ3n) is 1.98. The first-order valence-corrected chi connectivity index (χ1v) is 5.27. The van der Waals surface area contributed by atoms with E-state index in [4.69, 9.17) is 5.73 Å². The van der Waals surface area contributed by atoms with Gasteiger partial charge in [-0.1, -0.05) is 0 Å². The number of carbonyl (C=O) groups excluding carboxylic acids is 1. The van der Waals surface area contributed by atoms with Crippen LogP contribution in [0, 0.1) is 0 Å². The second-order valence-electron chi connectivity index (χ2n) is 3.02. The molecule has 0 radical (unpaired) electrons. The van der Waals surface area contributed by atoms with E-state index in [1.807, 2.05) is 0 Å². The van der Waals surface area contributed by atoms with Crippen LogP contribution in [0.4, 0.5) is 0 Å². The summed E-state index contributed by atoms with van der Waals surface area (Å²) >= 11 is 1.39. The van der Waals surface area contributed by atoms with Crippen LogP contribution in [0.3, 0.4) is 0 Å². The second-order valence-corrected chi connectivity index (χ2v) is 3.96. The Morgan fingerprint density at radius 2 is 2.47 bits per heavy atom. The molecule has 2 aromatic heterocycles. The van der Waals surface area contributed by atoms with Crippen molar-refractivity contribution in [2.24, 2.45) is 12.8 Å². The van der Waals surface area contributed by atoms with Crippen LogP contribution in [0.5, 0.6) is 0 Å². The largest absolute Gasteiger partial charge is 0.331 e. The van der Waals surface area contributed by atoms with E-state index in [2.05, 4.69) is 9.97 Å². The lowest BCUT2D eigenvalue weighted by atomic mass is 10.3. The van der Waals surface area contributed by atoms with Crippen LogP contribution in [-0.2, 0) is 13.6 Å². The highest BCUT2D eigenvalue weighted by atomic mass is 32.1. The Hall–Kier alpha value is -1.53. The quantitative estimate of drug-likeness (QED) is 0.770. The highest BCUT2D eigenvalue weighted by molar-refractivity contribution is 7.09. The molecule has 0 aliphatic carbocycles. The third kappa shape index (κ3) is 1.81. The SMILES string of the molecule is Cn1ccnc1C(=O)c1csc(CN)n1. The van der Waals surface area contributed by atoms with E-state index in [1.165, 1.54) is 11.3 Å². The average Bonchev–Trinajstić information content (AvgIpc) is 2.84. The lowest BCUT2D eigenvalue weighted by Gasteiger charge is -1.96. The number of thiazole rings is 1. The number of nitrogens with two attached hydrogens (primary N) is 1. The first kappa shape index (κ1) is 10.0. The van der Waals surface area contributed by atoms with Crippen LogP contribution in [0.1, 0.15) is 21.3 Å². The summed E-state index contributed by atoms with van der Waals surface area (Å²) in [4.78, 5) is 20.0. The molecule has 15 heavy (non-hydrogen) atoms. The molecule has 2 N–H and O–H groups in total. The zero-order valence-electron chi connectivity index (χ0n) is 8.17. The van der Waals surface area contributed by atoms with Crippen molar-refractivity contribution in [3.8, 4) is 0 Å².